The average Bonchev–Trinajstić information content (AvgIpc) is 2.32. The number of hydrogen-bond acceptors (Lipinski definition) is 4. The Morgan fingerprint density at radius 2 is 1.67 bits per heavy atom. The van der Waals surface area contributed by atoms with Crippen LogP contribution < -0.4 is 10.5 Å². The summed E-state index contributed by atoms with van der Waals surface area (Å²) in [7, 11) is 0. The largest absolute Gasteiger partial charge is 0.468 e. The molecule has 2 N–H and O–H groups in total. The zero-order valence-electron chi connectivity index (χ0n) is 11.1. The number of aromatic nitrogens is 2. The summed E-state index contributed by atoms with van der Waals surface area (Å²) in [6.07, 6.45) is -14.4. The van der Waals surface area contributed by atoms with E-state index < -0.39 is 24.2 Å². The number of halogens is 6. The van der Waals surface area contributed by atoms with Crippen LogP contribution in [0.2, 0.25) is 0 Å². The number of nitrogens with two attached hydrogens (primary N) is 1. The lowest BCUT2D eigenvalue weighted by Gasteiger charge is -2.24. The van der Waals surface area contributed by atoms with Crippen LogP contribution in [-0.4, -0.2) is 28.4 Å². The molecule has 0 spiro atoms. The predicted octanol–water partition coefficient (Wildman–Crippen LogP) is 2.93. The molecule has 21 heavy (non-hydrogen) atoms. The van der Waals surface area contributed by atoms with Gasteiger partial charge in [-0.1, -0.05) is 13.8 Å². The van der Waals surface area contributed by atoms with Crippen molar-refractivity contribution < 1.29 is 31.1 Å². The molecule has 0 radical (unpaired) electrons. The fourth-order valence-corrected chi connectivity index (χ4v) is 1.39. The van der Waals surface area contributed by atoms with E-state index in [0.29, 0.717) is 0 Å². The van der Waals surface area contributed by atoms with Crippen molar-refractivity contribution in [1.82, 2.24) is 9.97 Å². The number of hydrogen-bond donors (Lipinski definition) is 1. The minimum atomic E-state index is -5.61. The van der Waals surface area contributed by atoms with E-state index in [1.165, 1.54) is 0 Å². The van der Waals surface area contributed by atoms with Crippen LogP contribution in [0.5, 0.6) is 5.75 Å². The molecule has 1 aromatic heterocycles. The molecule has 1 rings (SSSR count). The van der Waals surface area contributed by atoms with Crippen molar-refractivity contribution in [2.45, 2.75) is 44.8 Å². The van der Waals surface area contributed by atoms with E-state index in [2.05, 4.69) is 14.7 Å². The van der Waals surface area contributed by atoms with Crippen molar-refractivity contribution in [2.75, 3.05) is 0 Å². The maximum Gasteiger partial charge on any atom is 0.434 e. The third-order valence-corrected chi connectivity index (χ3v) is 2.40. The summed E-state index contributed by atoms with van der Waals surface area (Å²) in [5, 5.41) is 0. The maximum atomic E-state index is 12.4. The molecule has 0 aromatic carbocycles. The molecule has 0 saturated carbocycles. The first-order chi connectivity index (χ1) is 9.46. The number of alkyl halides is 6. The Bertz CT molecular complexity index is 472. The smallest absolute Gasteiger partial charge is 0.434 e. The van der Waals surface area contributed by atoms with Crippen LogP contribution in [0, 0.1) is 0 Å². The van der Waals surface area contributed by atoms with Crippen LogP contribution in [0.15, 0.2) is 6.20 Å². The van der Waals surface area contributed by atoms with Crippen LogP contribution >= 0.6 is 0 Å². The molecule has 0 aliphatic rings. The van der Waals surface area contributed by atoms with Gasteiger partial charge in [0.05, 0.1) is 11.9 Å². The molecule has 0 saturated heterocycles. The summed E-state index contributed by atoms with van der Waals surface area (Å²) in [5.74, 6) is -0.648. The zero-order chi connectivity index (χ0) is 16.4. The number of nitrogens with zero attached hydrogens (tertiary/aromatic N) is 2. The lowest BCUT2D eigenvalue weighted by molar-refractivity contribution is -0.300. The van der Waals surface area contributed by atoms with Crippen molar-refractivity contribution in [3.63, 3.8) is 0 Å². The summed E-state index contributed by atoms with van der Waals surface area (Å²) >= 11 is 0. The van der Waals surface area contributed by atoms with Gasteiger partial charge >= 0.3 is 12.4 Å². The summed E-state index contributed by atoms with van der Waals surface area (Å²) in [4.78, 5) is 7.49. The van der Waals surface area contributed by atoms with Gasteiger partial charge in [0.1, 0.15) is 5.82 Å². The molecule has 0 amide bonds. The molecule has 0 bridgehead atoms. The third-order valence-electron chi connectivity index (χ3n) is 2.40. The fraction of sp³-hybridized carbons (Fsp3) is 0.636. The van der Waals surface area contributed by atoms with Gasteiger partial charge in [0, 0.05) is 12.5 Å². The molecule has 0 aliphatic carbocycles. The molecule has 120 valence electrons. The van der Waals surface area contributed by atoms with E-state index in [9.17, 15) is 26.3 Å². The van der Waals surface area contributed by atoms with E-state index in [1.54, 1.807) is 13.8 Å². The Hall–Kier alpha value is -1.58. The second-order valence-corrected chi connectivity index (χ2v) is 4.48. The quantitative estimate of drug-likeness (QED) is 0.867. The highest BCUT2D eigenvalue weighted by Gasteiger charge is 2.59. The fourth-order valence-electron chi connectivity index (χ4n) is 1.39. The van der Waals surface area contributed by atoms with E-state index in [1.807, 2.05) is 0 Å². The first kappa shape index (κ1) is 17.5. The molecule has 0 fully saturated rings. The standard InChI is InChI=1S/C11H13F6N3O/c1-5(2)8-19-4-7(6(3-18)20-8)21-9(10(12,13)14)11(15,16)17/h4-5,9H,3,18H2,1-2H3. The molecule has 1 aromatic rings. The van der Waals surface area contributed by atoms with Crippen LogP contribution in [-0.2, 0) is 6.54 Å². The highest BCUT2D eigenvalue weighted by Crippen LogP contribution is 2.37. The van der Waals surface area contributed by atoms with Crippen molar-refractivity contribution in [2.24, 2.45) is 5.73 Å². The van der Waals surface area contributed by atoms with Gasteiger partial charge in [-0.3, -0.25) is 0 Å². The van der Waals surface area contributed by atoms with E-state index in [0.717, 1.165) is 6.20 Å². The Balaban J connectivity index is 3.16. The highest BCUT2D eigenvalue weighted by atomic mass is 19.4. The summed E-state index contributed by atoms with van der Waals surface area (Å²) in [5.41, 5.74) is 5.07. The zero-order valence-corrected chi connectivity index (χ0v) is 11.1. The van der Waals surface area contributed by atoms with Crippen LogP contribution in [0.4, 0.5) is 26.3 Å². The normalized spacial score (nSPS) is 13.1. The maximum absolute atomic E-state index is 12.4. The van der Waals surface area contributed by atoms with E-state index in [-0.39, 0.29) is 24.0 Å². The molecule has 0 unspecified atom stereocenters. The summed E-state index contributed by atoms with van der Waals surface area (Å²) < 4.78 is 78.6. The van der Waals surface area contributed by atoms with Crippen LogP contribution in [0.1, 0.15) is 31.3 Å². The number of ether oxygens (including phenoxy) is 1. The molecule has 0 aliphatic heterocycles. The van der Waals surface area contributed by atoms with Gasteiger partial charge in [0.2, 0.25) is 0 Å². The lowest BCUT2D eigenvalue weighted by atomic mass is 10.2. The summed E-state index contributed by atoms with van der Waals surface area (Å²) in [6, 6.07) is 0. The van der Waals surface area contributed by atoms with Crippen molar-refractivity contribution in [1.29, 1.82) is 0 Å². The Labute approximate surface area is 116 Å². The predicted molar refractivity (Wildman–Crippen MR) is 60.5 cm³/mol. The van der Waals surface area contributed by atoms with Crippen LogP contribution in [0.3, 0.4) is 0 Å². The van der Waals surface area contributed by atoms with Gasteiger partial charge in [-0.2, -0.15) is 26.3 Å². The lowest BCUT2D eigenvalue weighted by Crippen LogP contribution is -2.46. The third kappa shape index (κ3) is 4.45. The van der Waals surface area contributed by atoms with Crippen molar-refractivity contribution >= 4 is 0 Å². The highest BCUT2D eigenvalue weighted by molar-refractivity contribution is 5.26. The topological polar surface area (TPSA) is 61.0 Å². The average molecular weight is 317 g/mol. The molecule has 4 nitrogen and oxygen atoms in total. The van der Waals surface area contributed by atoms with Gasteiger partial charge in [-0.25, -0.2) is 9.97 Å². The first-order valence-corrected chi connectivity index (χ1v) is 5.82. The van der Waals surface area contributed by atoms with Crippen molar-refractivity contribution in [3.8, 4) is 5.75 Å². The Morgan fingerprint density at radius 3 is 2.05 bits per heavy atom. The van der Waals surface area contributed by atoms with E-state index in [4.69, 9.17) is 5.73 Å². The molecule has 10 heteroatoms. The van der Waals surface area contributed by atoms with Crippen molar-refractivity contribution in [3.05, 3.63) is 17.7 Å². The number of rotatable bonds is 4. The van der Waals surface area contributed by atoms with Gasteiger partial charge in [-0.05, 0) is 0 Å². The Morgan fingerprint density at radius 1 is 1.14 bits per heavy atom. The summed E-state index contributed by atoms with van der Waals surface area (Å²) in [6.45, 7) is 3.05. The molecular weight excluding hydrogens is 304 g/mol. The van der Waals surface area contributed by atoms with E-state index >= 15 is 0 Å². The molecule has 0 atom stereocenters. The molecular formula is C11H13F6N3O. The van der Waals surface area contributed by atoms with Gasteiger partial charge in [-0.15, -0.1) is 0 Å². The van der Waals surface area contributed by atoms with Gasteiger partial charge in [0.15, 0.2) is 5.75 Å². The first-order valence-electron chi connectivity index (χ1n) is 5.82. The minimum Gasteiger partial charge on any atom is -0.468 e. The van der Waals surface area contributed by atoms with Gasteiger partial charge in [0.25, 0.3) is 6.10 Å². The second-order valence-electron chi connectivity index (χ2n) is 4.48. The monoisotopic (exact) mass is 317 g/mol. The minimum absolute atomic E-state index is 0.162. The Kier molecular flexibility index (Phi) is 5.03. The van der Waals surface area contributed by atoms with Crippen LogP contribution in [0.25, 0.3) is 0 Å². The SMILES string of the molecule is CC(C)c1ncc(OC(C(F)(F)F)C(F)(F)F)c(CN)n1. The van der Waals surface area contributed by atoms with Gasteiger partial charge < -0.3 is 10.5 Å². The molecule has 1 heterocycles. The second kappa shape index (κ2) is 6.04.